The standard InChI is InChI=1S/C13H22N6/c14-12(15)4-1-2-7-18-8-10-19(11-9-18)13-16-5-3-6-17-13/h3,5-6H,1-2,4,7-11H2,(H3,14,15). The normalized spacial score (nSPS) is 16.5. The van der Waals surface area contributed by atoms with Crippen LogP contribution < -0.4 is 10.6 Å². The molecule has 0 amide bonds. The maximum Gasteiger partial charge on any atom is 0.225 e. The van der Waals surface area contributed by atoms with Crippen molar-refractivity contribution in [1.82, 2.24) is 14.9 Å². The van der Waals surface area contributed by atoms with Gasteiger partial charge in [0.25, 0.3) is 0 Å². The van der Waals surface area contributed by atoms with Gasteiger partial charge in [-0.2, -0.15) is 0 Å². The first kappa shape index (κ1) is 13.7. The molecular weight excluding hydrogens is 240 g/mol. The Morgan fingerprint density at radius 2 is 1.84 bits per heavy atom. The van der Waals surface area contributed by atoms with Crippen LogP contribution in [0.15, 0.2) is 18.5 Å². The van der Waals surface area contributed by atoms with Gasteiger partial charge in [-0.25, -0.2) is 9.97 Å². The van der Waals surface area contributed by atoms with E-state index in [1.54, 1.807) is 12.4 Å². The lowest BCUT2D eigenvalue weighted by atomic mass is 10.2. The summed E-state index contributed by atoms with van der Waals surface area (Å²) >= 11 is 0. The maximum absolute atomic E-state index is 7.18. The smallest absolute Gasteiger partial charge is 0.225 e. The van der Waals surface area contributed by atoms with Crippen molar-refractivity contribution >= 4 is 11.8 Å². The average molecular weight is 262 g/mol. The Kier molecular flexibility index (Phi) is 5.09. The van der Waals surface area contributed by atoms with Crippen molar-refractivity contribution in [2.75, 3.05) is 37.6 Å². The zero-order valence-electron chi connectivity index (χ0n) is 11.3. The van der Waals surface area contributed by atoms with E-state index in [9.17, 15) is 0 Å². The van der Waals surface area contributed by atoms with Crippen LogP contribution in [0.1, 0.15) is 19.3 Å². The highest BCUT2D eigenvalue weighted by molar-refractivity contribution is 5.76. The topological polar surface area (TPSA) is 82.1 Å². The molecule has 104 valence electrons. The van der Waals surface area contributed by atoms with Crippen LogP contribution in [0.25, 0.3) is 0 Å². The lowest BCUT2D eigenvalue weighted by Gasteiger charge is -2.34. The highest BCUT2D eigenvalue weighted by Gasteiger charge is 2.17. The van der Waals surface area contributed by atoms with Gasteiger partial charge in [0.15, 0.2) is 0 Å². The Hall–Kier alpha value is -1.69. The summed E-state index contributed by atoms with van der Waals surface area (Å²) in [4.78, 5) is 13.2. The second kappa shape index (κ2) is 7.04. The van der Waals surface area contributed by atoms with Gasteiger partial charge >= 0.3 is 0 Å². The van der Waals surface area contributed by atoms with Crippen LogP contribution in [0.3, 0.4) is 0 Å². The van der Waals surface area contributed by atoms with Crippen LogP contribution in [-0.4, -0.2) is 53.4 Å². The molecule has 0 radical (unpaired) electrons. The van der Waals surface area contributed by atoms with E-state index in [1.807, 2.05) is 6.07 Å². The number of aromatic nitrogens is 2. The molecule has 0 atom stereocenters. The molecule has 2 heterocycles. The summed E-state index contributed by atoms with van der Waals surface area (Å²) in [6, 6.07) is 1.84. The van der Waals surface area contributed by atoms with Gasteiger partial charge in [0.2, 0.25) is 5.95 Å². The Morgan fingerprint density at radius 1 is 1.16 bits per heavy atom. The monoisotopic (exact) mass is 262 g/mol. The molecule has 1 fully saturated rings. The minimum absolute atomic E-state index is 0.297. The van der Waals surface area contributed by atoms with E-state index in [1.165, 1.54) is 0 Å². The summed E-state index contributed by atoms with van der Waals surface area (Å²) in [7, 11) is 0. The van der Waals surface area contributed by atoms with Crippen molar-refractivity contribution in [1.29, 1.82) is 5.41 Å². The lowest BCUT2D eigenvalue weighted by Crippen LogP contribution is -2.47. The molecule has 1 aromatic rings. The van der Waals surface area contributed by atoms with Crippen molar-refractivity contribution < 1.29 is 0 Å². The Morgan fingerprint density at radius 3 is 2.47 bits per heavy atom. The number of hydrogen-bond acceptors (Lipinski definition) is 5. The van der Waals surface area contributed by atoms with E-state index >= 15 is 0 Å². The molecule has 0 spiro atoms. The van der Waals surface area contributed by atoms with Gasteiger partial charge in [-0.3, -0.25) is 10.3 Å². The molecule has 6 nitrogen and oxygen atoms in total. The van der Waals surface area contributed by atoms with Gasteiger partial charge in [0.1, 0.15) is 0 Å². The predicted octanol–water partition coefficient (Wildman–Crippen LogP) is 0.705. The maximum atomic E-state index is 7.18. The number of hydrogen-bond donors (Lipinski definition) is 2. The molecule has 1 aromatic heterocycles. The minimum Gasteiger partial charge on any atom is -0.388 e. The molecule has 1 saturated heterocycles. The van der Waals surface area contributed by atoms with Gasteiger partial charge in [-0.1, -0.05) is 0 Å². The first-order chi connectivity index (χ1) is 9.25. The summed E-state index contributed by atoms with van der Waals surface area (Å²) in [5.41, 5.74) is 5.34. The number of amidine groups is 1. The zero-order chi connectivity index (χ0) is 13.5. The van der Waals surface area contributed by atoms with E-state index in [0.717, 1.165) is 57.9 Å². The number of nitrogens with one attached hydrogen (secondary N) is 1. The molecule has 0 unspecified atom stereocenters. The van der Waals surface area contributed by atoms with Crippen LogP contribution in [0, 0.1) is 5.41 Å². The van der Waals surface area contributed by atoms with E-state index in [4.69, 9.17) is 11.1 Å². The minimum atomic E-state index is 0.297. The van der Waals surface area contributed by atoms with Crippen LogP contribution in [0.2, 0.25) is 0 Å². The highest BCUT2D eigenvalue weighted by atomic mass is 15.3. The molecule has 0 bridgehead atoms. The van der Waals surface area contributed by atoms with Crippen molar-refractivity contribution in [2.24, 2.45) is 5.73 Å². The predicted molar refractivity (Wildman–Crippen MR) is 76.5 cm³/mol. The molecule has 1 aliphatic rings. The Labute approximate surface area is 114 Å². The number of nitrogens with two attached hydrogens (primary N) is 1. The number of unbranched alkanes of at least 4 members (excludes halogenated alkanes) is 1. The molecule has 0 aromatic carbocycles. The van der Waals surface area contributed by atoms with E-state index in [2.05, 4.69) is 19.8 Å². The highest BCUT2D eigenvalue weighted by Crippen LogP contribution is 2.10. The molecule has 3 N–H and O–H groups in total. The van der Waals surface area contributed by atoms with Crippen LogP contribution in [0.5, 0.6) is 0 Å². The summed E-state index contributed by atoms with van der Waals surface area (Å²) in [5, 5.41) is 7.18. The fourth-order valence-electron chi connectivity index (χ4n) is 2.28. The average Bonchev–Trinajstić information content (AvgIpc) is 2.45. The molecule has 1 aliphatic heterocycles. The number of anilines is 1. The number of nitrogens with zero attached hydrogens (tertiary/aromatic N) is 4. The molecule has 19 heavy (non-hydrogen) atoms. The third-order valence-electron chi connectivity index (χ3n) is 3.38. The second-order valence-corrected chi connectivity index (χ2v) is 4.86. The molecule has 2 rings (SSSR count). The quantitative estimate of drug-likeness (QED) is 0.448. The van der Waals surface area contributed by atoms with Crippen LogP contribution in [0.4, 0.5) is 5.95 Å². The Bertz CT molecular complexity index is 385. The fourth-order valence-corrected chi connectivity index (χ4v) is 2.28. The second-order valence-electron chi connectivity index (χ2n) is 4.86. The largest absolute Gasteiger partial charge is 0.388 e. The number of piperazine rings is 1. The van der Waals surface area contributed by atoms with Gasteiger partial charge in [0, 0.05) is 45.0 Å². The summed E-state index contributed by atoms with van der Waals surface area (Å²) in [5.74, 6) is 1.13. The van der Waals surface area contributed by atoms with Crippen molar-refractivity contribution in [3.8, 4) is 0 Å². The summed E-state index contributed by atoms with van der Waals surface area (Å²) in [6.45, 7) is 5.17. The van der Waals surface area contributed by atoms with E-state index in [-0.39, 0.29) is 0 Å². The number of rotatable bonds is 6. The third-order valence-corrected chi connectivity index (χ3v) is 3.38. The molecule has 0 saturated carbocycles. The first-order valence-corrected chi connectivity index (χ1v) is 6.83. The first-order valence-electron chi connectivity index (χ1n) is 6.83. The molecule has 0 aliphatic carbocycles. The Balaban J connectivity index is 1.67. The van der Waals surface area contributed by atoms with E-state index in [0.29, 0.717) is 5.84 Å². The SMILES string of the molecule is N=C(N)CCCCN1CCN(c2ncccn2)CC1. The van der Waals surface area contributed by atoms with Crippen molar-refractivity contribution in [2.45, 2.75) is 19.3 Å². The van der Waals surface area contributed by atoms with Crippen LogP contribution in [-0.2, 0) is 0 Å². The van der Waals surface area contributed by atoms with Crippen LogP contribution >= 0.6 is 0 Å². The third kappa shape index (κ3) is 4.48. The zero-order valence-corrected chi connectivity index (χ0v) is 11.3. The van der Waals surface area contributed by atoms with Crippen molar-refractivity contribution in [3.63, 3.8) is 0 Å². The van der Waals surface area contributed by atoms with Crippen molar-refractivity contribution in [3.05, 3.63) is 18.5 Å². The van der Waals surface area contributed by atoms with Gasteiger partial charge in [0.05, 0.1) is 5.84 Å². The van der Waals surface area contributed by atoms with Gasteiger partial charge in [-0.15, -0.1) is 0 Å². The van der Waals surface area contributed by atoms with E-state index < -0.39 is 0 Å². The molecule has 6 heteroatoms. The van der Waals surface area contributed by atoms with Gasteiger partial charge < -0.3 is 10.6 Å². The molecular formula is C13H22N6. The summed E-state index contributed by atoms with van der Waals surface area (Å²) in [6.07, 6.45) is 6.42. The lowest BCUT2D eigenvalue weighted by molar-refractivity contribution is 0.252. The van der Waals surface area contributed by atoms with Gasteiger partial charge in [-0.05, 0) is 25.5 Å². The fraction of sp³-hybridized carbons (Fsp3) is 0.615. The summed E-state index contributed by atoms with van der Waals surface area (Å²) < 4.78 is 0.